The molecule has 1 heterocycles. The minimum atomic E-state index is -0.928. The highest BCUT2D eigenvalue weighted by Gasteiger charge is 2.25. The van der Waals surface area contributed by atoms with E-state index in [-0.39, 0.29) is 6.42 Å². The third-order valence-electron chi connectivity index (χ3n) is 3.26. The number of carboxylic acids is 1. The molecular formula is C10H21N2O2+. The average Bonchev–Trinajstić information content (AvgIpc) is 2.15. The summed E-state index contributed by atoms with van der Waals surface area (Å²) in [5.74, 6) is -0.928. The van der Waals surface area contributed by atoms with Crippen molar-refractivity contribution in [3.8, 4) is 0 Å². The van der Waals surface area contributed by atoms with Crippen molar-refractivity contribution < 1.29 is 19.7 Å². The van der Waals surface area contributed by atoms with Crippen LogP contribution in [0.15, 0.2) is 0 Å². The van der Waals surface area contributed by atoms with Gasteiger partial charge in [0.2, 0.25) is 0 Å². The third kappa shape index (κ3) is 3.64. The van der Waals surface area contributed by atoms with Gasteiger partial charge >= 0.3 is 0 Å². The minimum Gasteiger partial charge on any atom is -0.550 e. The van der Waals surface area contributed by atoms with E-state index in [1.807, 2.05) is 0 Å². The summed E-state index contributed by atoms with van der Waals surface area (Å²) in [6.07, 6.45) is 2.61. The second-order valence-corrected chi connectivity index (χ2v) is 4.45. The molecule has 4 nitrogen and oxygen atoms in total. The zero-order valence-corrected chi connectivity index (χ0v) is 9.14. The Bertz CT molecular complexity index is 189. The number of carbonyl (C=O) groups is 1. The number of quaternary nitrogens is 2. The van der Waals surface area contributed by atoms with Crippen LogP contribution in [0.3, 0.4) is 0 Å². The van der Waals surface area contributed by atoms with E-state index < -0.39 is 5.97 Å². The highest BCUT2D eigenvalue weighted by molar-refractivity contribution is 5.64. The molecule has 0 saturated carbocycles. The van der Waals surface area contributed by atoms with Crippen LogP contribution >= 0.6 is 0 Å². The first-order valence-corrected chi connectivity index (χ1v) is 5.43. The largest absolute Gasteiger partial charge is 0.550 e. The van der Waals surface area contributed by atoms with Gasteiger partial charge < -0.3 is 19.7 Å². The third-order valence-corrected chi connectivity index (χ3v) is 3.26. The standard InChI is InChI=1S/C10H20N2O2/c1-11-6-3-9(4-7-11)12(2)8-5-10(13)14/h9H,3-8H2,1-2H3,(H,13,14)/p+1. The molecule has 1 rings (SSSR count). The van der Waals surface area contributed by atoms with Gasteiger partial charge in [-0.15, -0.1) is 0 Å². The van der Waals surface area contributed by atoms with Crippen molar-refractivity contribution in [2.75, 3.05) is 33.7 Å². The number of hydrogen-bond donors (Lipinski definition) is 2. The van der Waals surface area contributed by atoms with Crippen LogP contribution in [0.5, 0.6) is 0 Å². The molecule has 82 valence electrons. The lowest BCUT2D eigenvalue weighted by Gasteiger charge is -2.30. The summed E-state index contributed by atoms with van der Waals surface area (Å²) >= 11 is 0. The summed E-state index contributed by atoms with van der Waals surface area (Å²) in [6.45, 7) is 3.13. The van der Waals surface area contributed by atoms with Crippen molar-refractivity contribution in [2.24, 2.45) is 0 Å². The van der Waals surface area contributed by atoms with E-state index in [1.165, 1.54) is 30.8 Å². The SMILES string of the molecule is C[NH+]1CCC([NH+](C)CCC(=O)[O-])CC1. The van der Waals surface area contributed by atoms with Crippen LogP contribution in [0.4, 0.5) is 0 Å². The summed E-state index contributed by atoms with van der Waals surface area (Å²) in [5.41, 5.74) is 0. The van der Waals surface area contributed by atoms with Crippen LogP contribution < -0.4 is 14.9 Å². The van der Waals surface area contributed by atoms with Gasteiger partial charge in [-0.1, -0.05) is 0 Å². The Kier molecular flexibility index (Phi) is 4.35. The van der Waals surface area contributed by atoms with Gasteiger partial charge in [-0.2, -0.15) is 0 Å². The molecule has 1 aliphatic rings. The Hall–Kier alpha value is -0.610. The summed E-state index contributed by atoms with van der Waals surface area (Å²) in [7, 11) is 4.31. The van der Waals surface area contributed by atoms with Gasteiger partial charge in [0.15, 0.2) is 0 Å². The smallest absolute Gasteiger partial charge is 0.0981 e. The quantitative estimate of drug-likeness (QED) is 0.492. The molecule has 0 aromatic carbocycles. The maximum absolute atomic E-state index is 10.3. The lowest BCUT2D eigenvalue weighted by Crippen LogP contribution is -3.18. The van der Waals surface area contributed by atoms with Crippen LogP contribution in [0.1, 0.15) is 19.3 Å². The Morgan fingerprint density at radius 2 is 2.07 bits per heavy atom. The predicted octanol–water partition coefficient (Wildman–Crippen LogP) is -3.68. The molecule has 0 aliphatic carbocycles. The normalized spacial score (nSPS) is 29.9. The Morgan fingerprint density at radius 1 is 1.50 bits per heavy atom. The van der Waals surface area contributed by atoms with Crippen molar-refractivity contribution in [3.63, 3.8) is 0 Å². The molecular weight excluding hydrogens is 180 g/mol. The molecule has 0 amide bonds. The van der Waals surface area contributed by atoms with Gasteiger partial charge in [-0.3, -0.25) is 0 Å². The zero-order chi connectivity index (χ0) is 10.6. The van der Waals surface area contributed by atoms with Gasteiger partial charge in [0.05, 0.1) is 39.8 Å². The van der Waals surface area contributed by atoms with Gasteiger partial charge in [-0.25, -0.2) is 0 Å². The molecule has 0 bridgehead atoms. The zero-order valence-electron chi connectivity index (χ0n) is 9.14. The number of likely N-dealkylation sites (tertiary alicyclic amines) is 1. The number of carbonyl (C=O) groups excluding carboxylic acids is 1. The van der Waals surface area contributed by atoms with E-state index in [0.29, 0.717) is 12.6 Å². The van der Waals surface area contributed by atoms with Gasteiger partial charge in [0.25, 0.3) is 0 Å². The van der Waals surface area contributed by atoms with E-state index in [4.69, 9.17) is 0 Å². The minimum absolute atomic E-state index is 0.186. The summed E-state index contributed by atoms with van der Waals surface area (Å²) in [6, 6.07) is 0.651. The molecule has 1 fully saturated rings. The van der Waals surface area contributed by atoms with E-state index >= 15 is 0 Å². The lowest BCUT2D eigenvalue weighted by molar-refractivity contribution is -0.939. The second-order valence-electron chi connectivity index (χ2n) is 4.45. The fourth-order valence-electron chi connectivity index (χ4n) is 2.11. The van der Waals surface area contributed by atoms with Crippen molar-refractivity contribution in [2.45, 2.75) is 25.3 Å². The number of piperidine rings is 1. The number of hydrogen-bond acceptors (Lipinski definition) is 2. The van der Waals surface area contributed by atoms with Crippen molar-refractivity contribution in [3.05, 3.63) is 0 Å². The van der Waals surface area contributed by atoms with E-state index in [2.05, 4.69) is 14.1 Å². The van der Waals surface area contributed by atoms with Gasteiger partial charge in [0, 0.05) is 25.2 Å². The van der Waals surface area contributed by atoms with E-state index in [1.54, 1.807) is 4.90 Å². The second kappa shape index (κ2) is 5.32. The Labute approximate surface area is 85.5 Å². The van der Waals surface area contributed by atoms with Crippen LogP contribution in [0.25, 0.3) is 0 Å². The first kappa shape index (κ1) is 11.5. The molecule has 1 aliphatic heterocycles. The molecule has 4 heteroatoms. The van der Waals surface area contributed by atoms with Crippen LogP contribution in [0, 0.1) is 0 Å². The van der Waals surface area contributed by atoms with Gasteiger partial charge in [-0.05, 0) is 0 Å². The summed E-state index contributed by atoms with van der Waals surface area (Å²) in [4.78, 5) is 13.3. The van der Waals surface area contributed by atoms with E-state index in [0.717, 1.165) is 0 Å². The molecule has 0 aromatic heterocycles. The molecule has 1 unspecified atom stereocenters. The highest BCUT2D eigenvalue weighted by atomic mass is 16.4. The number of rotatable bonds is 4. The summed E-state index contributed by atoms with van der Waals surface area (Å²) in [5, 5.41) is 10.3. The number of nitrogens with one attached hydrogen (secondary N) is 2. The van der Waals surface area contributed by atoms with Crippen molar-refractivity contribution >= 4 is 5.97 Å². The predicted molar refractivity (Wildman–Crippen MR) is 51.0 cm³/mol. The number of carboxylic acid groups (broad SMARTS) is 1. The summed E-state index contributed by atoms with van der Waals surface area (Å²) < 4.78 is 0. The molecule has 1 saturated heterocycles. The molecule has 14 heavy (non-hydrogen) atoms. The fourth-order valence-corrected chi connectivity index (χ4v) is 2.11. The van der Waals surface area contributed by atoms with E-state index in [9.17, 15) is 9.90 Å². The van der Waals surface area contributed by atoms with Crippen LogP contribution in [0.2, 0.25) is 0 Å². The topological polar surface area (TPSA) is 49.0 Å². The maximum atomic E-state index is 10.3. The molecule has 2 N–H and O–H groups in total. The Morgan fingerprint density at radius 3 is 2.57 bits per heavy atom. The molecule has 0 spiro atoms. The fraction of sp³-hybridized carbons (Fsp3) is 0.900. The average molecular weight is 201 g/mol. The first-order chi connectivity index (χ1) is 6.59. The Balaban J connectivity index is 2.23. The molecule has 0 aromatic rings. The molecule has 1 atom stereocenters. The monoisotopic (exact) mass is 201 g/mol. The van der Waals surface area contributed by atoms with Gasteiger partial charge in [0.1, 0.15) is 0 Å². The van der Waals surface area contributed by atoms with Crippen molar-refractivity contribution in [1.29, 1.82) is 0 Å². The lowest BCUT2D eigenvalue weighted by atomic mass is 10.0. The van der Waals surface area contributed by atoms with Crippen LogP contribution in [-0.2, 0) is 4.79 Å². The van der Waals surface area contributed by atoms with Crippen LogP contribution in [-0.4, -0.2) is 45.7 Å². The molecule has 0 radical (unpaired) electrons. The van der Waals surface area contributed by atoms with Crippen molar-refractivity contribution in [1.82, 2.24) is 0 Å². The number of aliphatic carboxylic acids is 1. The highest BCUT2D eigenvalue weighted by Crippen LogP contribution is 1.94. The maximum Gasteiger partial charge on any atom is 0.0981 e. The first-order valence-electron chi connectivity index (χ1n) is 5.43.